The molecule has 2 spiro atoms. The highest BCUT2D eigenvalue weighted by Gasteiger charge is 2.78. The lowest BCUT2D eigenvalue weighted by Gasteiger charge is -2.51. The van der Waals surface area contributed by atoms with E-state index in [1.165, 1.54) is 51.5 Å². The highest BCUT2D eigenvalue weighted by Crippen LogP contribution is 2.79. The minimum absolute atomic E-state index is 0.0167. The molecule has 1 saturated heterocycles. The Kier molecular flexibility index (Phi) is 7.31. The normalized spacial score (nSPS) is 35.3. The van der Waals surface area contributed by atoms with E-state index in [4.69, 9.17) is 5.26 Å². The van der Waals surface area contributed by atoms with E-state index in [2.05, 4.69) is 44.9 Å². The van der Waals surface area contributed by atoms with Crippen LogP contribution in [-0.4, -0.2) is 48.9 Å². The topological polar surface area (TPSA) is 47.3 Å². The molecule has 4 aliphatic rings. The molecule has 200 valence electrons. The number of nitriles is 1. The summed E-state index contributed by atoms with van der Waals surface area (Å²) in [4.78, 5) is 17.5. The predicted molar refractivity (Wildman–Crippen MR) is 150 cm³/mol. The van der Waals surface area contributed by atoms with Crippen molar-refractivity contribution in [3.8, 4) is 6.07 Å². The van der Waals surface area contributed by atoms with Gasteiger partial charge in [-0.3, -0.25) is 4.79 Å². The molecule has 1 amide bonds. The third kappa shape index (κ3) is 4.46. The molecule has 3 aliphatic carbocycles. The summed E-state index contributed by atoms with van der Waals surface area (Å²) in [5.41, 5.74) is 3.95. The molecule has 4 heteroatoms. The summed E-state index contributed by atoms with van der Waals surface area (Å²) in [6.07, 6.45) is 14.5. The van der Waals surface area contributed by atoms with Crippen molar-refractivity contribution in [1.82, 2.24) is 9.80 Å². The number of nitrogens with zero attached hydrogens (tertiary/aromatic N) is 3. The molecule has 1 aliphatic heterocycles. The van der Waals surface area contributed by atoms with Gasteiger partial charge in [0.1, 0.15) is 0 Å². The van der Waals surface area contributed by atoms with Crippen LogP contribution in [0.15, 0.2) is 35.9 Å². The van der Waals surface area contributed by atoms with Crippen LogP contribution >= 0.6 is 0 Å². The van der Waals surface area contributed by atoms with E-state index in [1.807, 2.05) is 18.0 Å². The number of carbonyl (C=O) groups excluding carboxylic acids is 1. The second kappa shape index (κ2) is 10.2. The molecule has 3 saturated carbocycles. The Morgan fingerprint density at radius 3 is 2.81 bits per heavy atom. The van der Waals surface area contributed by atoms with Crippen LogP contribution in [0.2, 0.25) is 0 Å². The first kappa shape index (κ1) is 26.5. The molecule has 0 bridgehead atoms. The zero-order chi connectivity index (χ0) is 26.4. The molecular weight excluding hydrogens is 454 g/mol. The highest BCUT2D eigenvalue weighted by atomic mass is 16.2. The minimum atomic E-state index is 0.0167. The number of rotatable bonds is 9. The van der Waals surface area contributed by atoms with Crippen molar-refractivity contribution in [2.45, 2.75) is 84.6 Å². The van der Waals surface area contributed by atoms with Crippen LogP contribution in [0, 0.1) is 45.8 Å². The summed E-state index contributed by atoms with van der Waals surface area (Å²) >= 11 is 0. The van der Waals surface area contributed by atoms with Crippen LogP contribution in [0.25, 0.3) is 0 Å². The van der Waals surface area contributed by atoms with Crippen LogP contribution in [0.3, 0.4) is 0 Å². The van der Waals surface area contributed by atoms with Gasteiger partial charge in [-0.25, -0.2) is 0 Å². The molecule has 1 aromatic carbocycles. The Bertz CT molecular complexity index is 1090. The van der Waals surface area contributed by atoms with Crippen LogP contribution in [0.1, 0.15) is 94.5 Å². The SMILES string of the molecule is CC/C(C)=C/C[C@@H]1C([C@@H](C)CCCN(C)C(=O)c2cccc(C#N)c2)CC[C@]23CN(C)[C@H]4C[C@@]42CC[C@@H]13. The standard InChI is InChI=1S/C33H47N3O/c1-6-23(2)12-13-28-27(14-16-33-22-36(5)30-20-32(30,33)17-15-29(28)33)24(3)9-8-18-35(4)31(37)26-11-7-10-25(19-26)21-34/h7,10-12,19,24,27-30H,6,8-9,13-18,20,22H2,1-5H3/b23-12+/t24-,27?,28+,29-,30-,32-,33+/m0/s1. The van der Waals surface area contributed by atoms with Crippen molar-refractivity contribution >= 4 is 5.91 Å². The van der Waals surface area contributed by atoms with Gasteiger partial charge in [-0.05, 0) is 124 Å². The predicted octanol–water partition coefficient (Wildman–Crippen LogP) is 6.92. The lowest BCUT2D eigenvalue weighted by molar-refractivity contribution is -0.0204. The van der Waals surface area contributed by atoms with E-state index in [9.17, 15) is 4.79 Å². The number of allylic oxidation sites excluding steroid dienone is 2. The monoisotopic (exact) mass is 501 g/mol. The Morgan fingerprint density at radius 1 is 1.30 bits per heavy atom. The zero-order valence-corrected chi connectivity index (χ0v) is 23.8. The van der Waals surface area contributed by atoms with Gasteiger partial charge >= 0.3 is 0 Å². The molecule has 1 unspecified atom stereocenters. The Hall–Kier alpha value is -2.12. The largest absolute Gasteiger partial charge is 0.342 e. The molecular formula is C33H47N3O. The van der Waals surface area contributed by atoms with Crippen molar-refractivity contribution in [1.29, 1.82) is 5.26 Å². The minimum Gasteiger partial charge on any atom is -0.342 e. The van der Waals surface area contributed by atoms with Gasteiger partial charge in [0.15, 0.2) is 0 Å². The number of amides is 1. The summed E-state index contributed by atoms with van der Waals surface area (Å²) < 4.78 is 0. The van der Waals surface area contributed by atoms with E-state index in [0.29, 0.717) is 27.9 Å². The zero-order valence-electron chi connectivity index (χ0n) is 23.8. The van der Waals surface area contributed by atoms with Crippen molar-refractivity contribution in [3.63, 3.8) is 0 Å². The van der Waals surface area contributed by atoms with Crippen LogP contribution in [0.5, 0.6) is 0 Å². The van der Waals surface area contributed by atoms with E-state index < -0.39 is 0 Å². The van der Waals surface area contributed by atoms with Crippen LogP contribution < -0.4 is 0 Å². The maximum Gasteiger partial charge on any atom is 0.253 e. The average Bonchev–Trinajstić information content (AvgIpc) is 3.50. The summed E-state index contributed by atoms with van der Waals surface area (Å²) in [7, 11) is 4.29. The smallest absolute Gasteiger partial charge is 0.253 e. The van der Waals surface area contributed by atoms with Gasteiger partial charge in [0.05, 0.1) is 11.6 Å². The molecule has 1 heterocycles. The molecule has 1 aromatic rings. The molecule has 37 heavy (non-hydrogen) atoms. The Morgan fingerprint density at radius 2 is 2.08 bits per heavy atom. The molecule has 7 atom stereocenters. The van der Waals surface area contributed by atoms with Gasteiger partial charge in [-0.15, -0.1) is 0 Å². The summed E-state index contributed by atoms with van der Waals surface area (Å²) in [6.45, 7) is 9.21. The first-order valence-electron chi connectivity index (χ1n) is 14.9. The average molecular weight is 502 g/mol. The fraction of sp³-hybridized carbons (Fsp3) is 0.697. The molecule has 0 aromatic heterocycles. The maximum atomic E-state index is 12.9. The third-order valence-electron chi connectivity index (χ3n) is 11.5. The number of benzene rings is 1. The Labute approximate surface area is 225 Å². The lowest BCUT2D eigenvalue weighted by atomic mass is 9.54. The second-order valence-electron chi connectivity index (χ2n) is 13.1. The van der Waals surface area contributed by atoms with Crippen molar-refractivity contribution in [2.24, 2.45) is 34.5 Å². The number of piperidine rings is 1. The summed E-state index contributed by atoms with van der Waals surface area (Å²) in [5.74, 6) is 3.20. The van der Waals surface area contributed by atoms with Gasteiger partial charge in [0.25, 0.3) is 5.91 Å². The third-order valence-corrected chi connectivity index (χ3v) is 11.5. The van der Waals surface area contributed by atoms with E-state index in [1.54, 1.807) is 23.8 Å². The summed E-state index contributed by atoms with van der Waals surface area (Å²) in [6, 6.07) is 10.1. The lowest BCUT2D eigenvalue weighted by Crippen LogP contribution is -2.47. The van der Waals surface area contributed by atoms with Crippen molar-refractivity contribution in [3.05, 3.63) is 47.0 Å². The number of carbonyl (C=O) groups is 1. The molecule has 0 radical (unpaired) electrons. The quantitative estimate of drug-likeness (QED) is 0.345. The molecule has 5 rings (SSSR count). The molecule has 4 nitrogen and oxygen atoms in total. The number of hydrogen-bond donors (Lipinski definition) is 0. The van der Waals surface area contributed by atoms with E-state index in [0.717, 1.165) is 43.2 Å². The summed E-state index contributed by atoms with van der Waals surface area (Å²) in [5, 5.41) is 9.17. The van der Waals surface area contributed by atoms with Gasteiger partial charge in [-0.2, -0.15) is 5.26 Å². The van der Waals surface area contributed by atoms with Crippen molar-refractivity contribution < 1.29 is 4.79 Å². The fourth-order valence-electron chi connectivity index (χ4n) is 9.31. The first-order chi connectivity index (χ1) is 17.8. The van der Waals surface area contributed by atoms with Crippen molar-refractivity contribution in [2.75, 3.05) is 27.2 Å². The molecule has 0 N–H and O–H groups in total. The van der Waals surface area contributed by atoms with Gasteiger partial charge in [-0.1, -0.05) is 31.6 Å². The second-order valence-corrected chi connectivity index (χ2v) is 13.1. The van der Waals surface area contributed by atoms with Gasteiger partial charge < -0.3 is 9.80 Å². The number of hydrogen-bond acceptors (Lipinski definition) is 3. The Balaban J connectivity index is 1.23. The van der Waals surface area contributed by atoms with E-state index in [-0.39, 0.29) is 5.91 Å². The van der Waals surface area contributed by atoms with Crippen LogP contribution in [-0.2, 0) is 0 Å². The van der Waals surface area contributed by atoms with E-state index >= 15 is 0 Å². The van der Waals surface area contributed by atoms with Gasteiger partial charge in [0.2, 0.25) is 0 Å². The molecule has 4 fully saturated rings. The first-order valence-corrected chi connectivity index (χ1v) is 14.9. The van der Waals surface area contributed by atoms with Crippen LogP contribution in [0.4, 0.5) is 0 Å². The fourth-order valence-corrected chi connectivity index (χ4v) is 9.31. The highest BCUT2D eigenvalue weighted by molar-refractivity contribution is 5.94. The number of likely N-dealkylation sites (tertiary alicyclic amines) is 1. The van der Waals surface area contributed by atoms with Gasteiger partial charge in [0, 0.05) is 31.7 Å². The maximum absolute atomic E-state index is 12.9.